The molecule has 0 aliphatic rings. The molecular weight excluding hydrogens is 356 g/mol. The van der Waals surface area contributed by atoms with Crippen molar-refractivity contribution >= 4 is 27.5 Å². The first-order valence-electron chi connectivity index (χ1n) is 6.33. The second-order valence-electron chi connectivity index (χ2n) is 4.63. The van der Waals surface area contributed by atoms with Gasteiger partial charge in [-0.3, -0.25) is 0 Å². The number of halogens is 2. The topological polar surface area (TPSA) is 38.7 Å². The van der Waals surface area contributed by atoms with E-state index in [-0.39, 0.29) is 0 Å². The number of hydrogen-bond acceptors (Lipinski definition) is 3. The van der Waals surface area contributed by atoms with Crippen LogP contribution in [-0.4, -0.2) is 19.3 Å². The lowest BCUT2D eigenvalue weighted by atomic mass is 9.96. The molecule has 0 fully saturated rings. The summed E-state index contributed by atoms with van der Waals surface area (Å²) in [5.41, 5.74) is 2.32. The maximum atomic E-state index is 10.7. The molecular formula is C16H16BrClO3. The Hall–Kier alpha value is -1.23. The van der Waals surface area contributed by atoms with E-state index in [0.29, 0.717) is 22.1 Å². The molecule has 2 aromatic carbocycles. The fourth-order valence-corrected chi connectivity index (χ4v) is 2.84. The molecule has 112 valence electrons. The molecule has 1 unspecified atom stereocenters. The highest BCUT2D eigenvalue weighted by Gasteiger charge is 2.20. The Morgan fingerprint density at radius 1 is 1.05 bits per heavy atom. The average molecular weight is 372 g/mol. The van der Waals surface area contributed by atoms with Crippen LogP contribution < -0.4 is 9.47 Å². The van der Waals surface area contributed by atoms with Crippen molar-refractivity contribution in [2.75, 3.05) is 14.2 Å². The van der Waals surface area contributed by atoms with E-state index in [1.54, 1.807) is 38.5 Å². The van der Waals surface area contributed by atoms with Gasteiger partial charge in [0.25, 0.3) is 0 Å². The first-order valence-corrected chi connectivity index (χ1v) is 7.50. The summed E-state index contributed by atoms with van der Waals surface area (Å²) in [4.78, 5) is 0. The zero-order chi connectivity index (χ0) is 15.6. The molecule has 3 nitrogen and oxygen atoms in total. The SMILES string of the molecule is COc1cc(C(O)c2cc(Cl)ccc2C)c(OC)cc1Br. The lowest BCUT2D eigenvalue weighted by Crippen LogP contribution is -2.05. The Kier molecular flexibility index (Phi) is 5.14. The molecule has 0 saturated heterocycles. The van der Waals surface area contributed by atoms with E-state index in [2.05, 4.69) is 15.9 Å². The molecule has 1 N–H and O–H groups in total. The van der Waals surface area contributed by atoms with Crippen LogP contribution in [0.3, 0.4) is 0 Å². The monoisotopic (exact) mass is 370 g/mol. The van der Waals surface area contributed by atoms with Gasteiger partial charge in [0, 0.05) is 10.6 Å². The minimum atomic E-state index is -0.847. The number of hydrogen-bond donors (Lipinski definition) is 1. The number of benzene rings is 2. The van der Waals surface area contributed by atoms with Crippen molar-refractivity contribution in [2.24, 2.45) is 0 Å². The van der Waals surface area contributed by atoms with Gasteiger partial charge in [-0.2, -0.15) is 0 Å². The van der Waals surface area contributed by atoms with Gasteiger partial charge in [-0.1, -0.05) is 17.7 Å². The van der Waals surface area contributed by atoms with Crippen molar-refractivity contribution in [2.45, 2.75) is 13.0 Å². The Balaban J connectivity index is 2.56. The van der Waals surface area contributed by atoms with Crippen LogP contribution in [0.1, 0.15) is 22.8 Å². The van der Waals surface area contributed by atoms with Gasteiger partial charge in [-0.05, 0) is 58.2 Å². The highest BCUT2D eigenvalue weighted by Crippen LogP contribution is 2.39. The molecule has 0 aliphatic carbocycles. The third kappa shape index (κ3) is 3.34. The first kappa shape index (κ1) is 16.1. The minimum Gasteiger partial charge on any atom is -0.496 e. The van der Waals surface area contributed by atoms with Gasteiger partial charge >= 0.3 is 0 Å². The summed E-state index contributed by atoms with van der Waals surface area (Å²) in [5.74, 6) is 1.21. The predicted octanol–water partition coefficient (Wildman–Crippen LogP) is 4.51. The second kappa shape index (κ2) is 6.69. The van der Waals surface area contributed by atoms with Gasteiger partial charge in [0.15, 0.2) is 0 Å². The van der Waals surface area contributed by atoms with Crippen LogP contribution in [0.4, 0.5) is 0 Å². The van der Waals surface area contributed by atoms with Crippen molar-refractivity contribution < 1.29 is 14.6 Å². The van der Waals surface area contributed by atoms with E-state index in [1.165, 1.54) is 0 Å². The molecule has 0 amide bonds. The fourth-order valence-electron chi connectivity index (χ4n) is 2.17. The zero-order valence-corrected chi connectivity index (χ0v) is 14.3. The van der Waals surface area contributed by atoms with Gasteiger partial charge in [-0.15, -0.1) is 0 Å². The third-order valence-electron chi connectivity index (χ3n) is 3.33. The maximum Gasteiger partial charge on any atom is 0.133 e. The smallest absolute Gasteiger partial charge is 0.133 e. The summed E-state index contributed by atoms with van der Waals surface area (Å²) in [6, 6.07) is 8.97. The number of aryl methyl sites for hydroxylation is 1. The van der Waals surface area contributed by atoms with Crippen molar-refractivity contribution in [1.82, 2.24) is 0 Å². The highest BCUT2D eigenvalue weighted by molar-refractivity contribution is 9.10. The van der Waals surface area contributed by atoms with Crippen LogP contribution in [0.2, 0.25) is 5.02 Å². The zero-order valence-electron chi connectivity index (χ0n) is 12.0. The maximum absolute atomic E-state index is 10.7. The molecule has 0 radical (unpaired) electrons. The van der Waals surface area contributed by atoms with Gasteiger partial charge < -0.3 is 14.6 Å². The molecule has 0 bridgehead atoms. The van der Waals surface area contributed by atoms with E-state index in [0.717, 1.165) is 15.6 Å². The van der Waals surface area contributed by atoms with Crippen LogP contribution in [0.5, 0.6) is 11.5 Å². The van der Waals surface area contributed by atoms with E-state index < -0.39 is 6.10 Å². The third-order valence-corrected chi connectivity index (χ3v) is 4.19. The summed E-state index contributed by atoms with van der Waals surface area (Å²) in [6.07, 6.45) is -0.847. The molecule has 21 heavy (non-hydrogen) atoms. The number of methoxy groups -OCH3 is 2. The molecule has 0 saturated carbocycles. The van der Waals surface area contributed by atoms with Gasteiger partial charge in [-0.25, -0.2) is 0 Å². The van der Waals surface area contributed by atoms with E-state index in [9.17, 15) is 5.11 Å². The summed E-state index contributed by atoms with van der Waals surface area (Å²) < 4.78 is 11.4. The molecule has 2 aromatic rings. The molecule has 0 aliphatic heterocycles. The van der Waals surface area contributed by atoms with E-state index >= 15 is 0 Å². The van der Waals surface area contributed by atoms with Crippen molar-refractivity contribution in [3.8, 4) is 11.5 Å². The molecule has 2 rings (SSSR count). The number of aliphatic hydroxyl groups excluding tert-OH is 1. The van der Waals surface area contributed by atoms with Gasteiger partial charge in [0.1, 0.15) is 17.6 Å². The van der Waals surface area contributed by atoms with Crippen LogP contribution in [0.15, 0.2) is 34.8 Å². The normalized spacial score (nSPS) is 12.1. The van der Waals surface area contributed by atoms with Gasteiger partial charge in [0.2, 0.25) is 0 Å². The lowest BCUT2D eigenvalue weighted by Gasteiger charge is -2.19. The summed E-state index contributed by atoms with van der Waals surface area (Å²) in [7, 11) is 3.14. The highest BCUT2D eigenvalue weighted by atomic mass is 79.9. The number of aliphatic hydroxyl groups is 1. The first-order chi connectivity index (χ1) is 9.97. The Morgan fingerprint density at radius 2 is 1.71 bits per heavy atom. The Labute approximate surface area is 137 Å². The van der Waals surface area contributed by atoms with Crippen LogP contribution in [0.25, 0.3) is 0 Å². The standard InChI is InChI=1S/C16H16BrClO3/c1-9-4-5-10(18)6-11(9)16(19)12-7-15(21-3)13(17)8-14(12)20-2/h4-8,16,19H,1-3H3. The fraction of sp³-hybridized carbons (Fsp3) is 0.250. The average Bonchev–Trinajstić information content (AvgIpc) is 2.48. The van der Waals surface area contributed by atoms with Crippen molar-refractivity contribution in [3.05, 3.63) is 56.5 Å². The number of ether oxygens (including phenoxy) is 2. The molecule has 0 spiro atoms. The summed E-state index contributed by atoms with van der Waals surface area (Å²) in [5, 5.41) is 11.3. The van der Waals surface area contributed by atoms with Crippen molar-refractivity contribution in [1.29, 1.82) is 0 Å². The molecule has 1 atom stereocenters. The Bertz CT molecular complexity index is 658. The van der Waals surface area contributed by atoms with Gasteiger partial charge in [0.05, 0.1) is 18.7 Å². The lowest BCUT2D eigenvalue weighted by molar-refractivity contribution is 0.213. The molecule has 0 heterocycles. The van der Waals surface area contributed by atoms with E-state index in [4.69, 9.17) is 21.1 Å². The Morgan fingerprint density at radius 3 is 2.33 bits per heavy atom. The summed E-state index contributed by atoms with van der Waals surface area (Å²) in [6.45, 7) is 1.93. The van der Waals surface area contributed by atoms with Crippen molar-refractivity contribution in [3.63, 3.8) is 0 Å². The van der Waals surface area contributed by atoms with Crippen LogP contribution in [0, 0.1) is 6.92 Å². The predicted molar refractivity (Wildman–Crippen MR) is 87.5 cm³/mol. The minimum absolute atomic E-state index is 0.578. The molecule has 5 heteroatoms. The molecule has 0 aromatic heterocycles. The van der Waals surface area contributed by atoms with Crippen LogP contribution in [-0.2, 0) is 0 Å². The second-order valence-corrected chi connectivity index (χ2v) is 5.92. The summed E-state index contributed by atoms with van der Waals surface area (Å²) >= 11 is 9.44. The quantitative estimate of drug-likeness (QED) is 0.859. The largest absolute Gasteiger partial charge is 0.496 e. The number of rotatable bonds is 4. The van der Waals surface area contributed by atoms with E-state index in [1.807, 2.05) is 13.0 Å². The van der Waals surface area contributed by atoms with Crippen LogP contribution >= 0.6 is 27.5 Å².